The van der Waals surface area contributed by atoms with E-state index in [1.54, 1.807) is 0 Å². The Morgan fingerprint density at radius 1 is 1.15 bits per heavy atom. The second-order valence-electron chi connectivity index (χ2n) is 2.95. The van der Waals surface area contributed by atoms with Crippen LogP contribution in [0.15, 0.2) is 24.3 Å². The highest BCUT2D eigenvalue weighted by Gasteiger charge is 2.17. The summed E-state index contributed by atoms with van der Waals surface area (Å²) >= 11 is 0. The van der Waals surface area contributed by atoms with E-state index < -0.39 is 0 Å². The fourth-order valence-corrected chi connectivity index (χ4v) is 1.39. The molecule has 0 aromatic carbocycles. The van der Waals surface area contributed by atoms with Gasteiger partial charge in [-0.2, -0.15) is 0 Å². The van der Waals surface area contributed by atoms with Crippen LogP contribution in [0.25, 0.3) is 0 Å². The zero-order valence-electron chi connectivity index (χ0n) is 8.40. The Morgan fingerprint density at radius 3 is 2.15 bits per heavy atom. The molecule has 13 heavy (non-hydrogen) atoms. The van der Waals surface area contributed by atoms with Gasteiger partial charge in [-0.15, -0.1) is 0 Å². The van der Waals surface area contributed by atoms with E-state index in [4.69, 9.17) is 9.47 Å². The molecular weight excluding hydrogens is 164 g/mol. The van der Waals surface area contributed by atoms with E-state index in [0.717, 1.165) is 6.42 Å². The van der Waals surface area contributed by atoms with Crippen molar-refractivity contribution >= 4 is 0 Å². The van der Waals surface area contributed by atoms with Gasteiger partial charge in [0.05, 0.1) is 0 Å². The molecule has 0 aromatic rings. The topological polar surface area (TPSA) is 18.5 Å². The van der Waals surface area contributed by atoms with E-state index in [9.17, 15) is 0 Å². The van der Waals surface area contributed by atoms with Crippen LogP contribution < -0.4 is 0 Å². The van der Waals surface area contributed by atoms with Crippen molar-refractivity contribution in [1.82, 2.24) is 0 Å². The van der Waals surface area contributed by atoms with Crippen molar-refractivity contribution in [3.8, 4) is 0 Å². The zero-order chi connectivity index (χ0) is 9.52. The minimum absolute atomic E-state index is 0.109. The molecule has 0 N–H and O–H groups in total. The lowest BCUT2D eigenvalue weighted by Gasteiger charge is -2.23. The molecule has 0 saturated carbocycles. The maximum absolute atomic E-state index is 5.50. The first-order valence-electron chi connectivity index (χ1n) is 4.95. The molecule has 0 saturated heterocycles. The summed E-state index contributed by atoms with van der Waals surface area (Å²) in [6.07, 6.45) is 9.52. The van der Waals surface area contributed by atoms with Crippen LogP contribution in [0.2, 0.25) is 0 Å². The molecule has 0 aromatic heterocycles. The molecule has 1 aliphatic rings. The highest BCUT2D eigenvalue weighted by molar-refractivity contribution is 5.09. The third-order valence-electron chi connectivity index (χ3n) is 1.96. The Hall–Kier alpha value is -0.600. The van der Waals surface area contributed by atoms with Gasteiger partial charge in [0.2, 0.25) is 0 Å². The van der Waals surface area contributed by atoms with Gasteiger partial charge in [-0.1, -0.05) is 24.3 Å². The monoisotopic (exact) mass is 182 g/mol. The Balaban J connectivity index is 2.46. The summed E-state index contributed by atoms with van der Waals surface area (Å²) < 4.78 is 11.0. The largest absolute Gasteiger partial charge is 0.352 e. The third kappa shape index (κ3) is 3.33. The Bertz CT molecular complexity index is 167. The molecule has 74 valence electrons. The number of rotatable bonds is 5. The van der Waals surface area contributed by atoms with Crippen molar-refractivity contribution in [2.75, 3.05) is 13.2 Å². The quantitative estimate of drug-likeness (QED) is 0.480. The maximum Gasteiger partial charge on any atom is 0.167 e. The molecule has 0 amide bonds. The minimum atomic E-state index is -0.109. The van der Waals surface area contributed by atoms with Gasteiger partial charge < -0.3 is 9.47 Å². The Labute approximate surface area is 80.2 Å². The molecular formula is C11H18O2. The second kappa shape index (κ2) is 5.95. The van der Waals surface area contributed by atoms with E-state index in [2.05, 4.69) is 24.3 Å². The van der Waals surface area contributed by atoms with Gasteiger partial charge in [0.1, 0.15) is 0 Å². The summed E-state index contributed by atoms with van der Waals surface area (Å²) in [5.74, 6) is 0.286. The molecule has 0 fully saturated rings. The minimum Gasteiger partial charge on any atom is -0.352 e. The lowest BCUT2D eigenvalue weighted by molar-refractivity contribution is -0.149. The average molecular weight is 182 g/mol. The normalized spacial score (nSPS) is 17.2. The Kier molecular flexibility index (Phi) is 4.79. The van der Waals surface area contributed by atoms with Gasteiger partial charge in [-0.3, -0.25) is 0 Å². The van der Waals surface area contributed by atoms with Crippen molar-refractivity contribution in [3.05, 3.63) is 24.3 Å². The van der Waals surface area contributed by atoms with Crippen LogP contribution in [0.3, 0.4) is 0 Å². The van der Waals surface area contributed by atoms with Crippen LogP contribution >= 0.6 is 0 Å². The van der Waals surface area contributed by atoms with Gasteiger partial charge in [0, 0.05) is 19.1 Å². The summed E-state index contributed by atoms with van der Waals surface area (Å²) in [6, 6.07) is 0. The van der Waals surface area contributed by atoms with Crippen LogP contribution in [-0.2, 0) is 9.47 Å². The van der Waals surface area contributed by atoms with E-state index in [-0.39, 0.29) is 12.2 Å². The lowest BCUT2D eigenvalue weighted by Crippen LogP contribution is -2.25. The molecule has 0 unspecified atom stereocenters. The maximum atomic E-state index is 5.50. The molecule has 0 spiro atoms. The number of ether oxygens (including phenoxy) is 2. The Morgan fingerprint density at radius 2 is 1.69 bits per heavy atom. The van der Waals surface area contributed by atoms with Crippen LogP contribution in [0.4, 0.5) is 0 Å². The third-order valence-corrected chi connectivity index (χ3v) is 1.96. The molecule has 0 heterocycles. The van der Waals surface area contributed by atoms with Crippen LogP contribution in [0, 0.1) is 5.92 Å². The fraction of sp³-hybridized carbons (Fsp3) is 0.636. The van der Waals surface area contributed by atoms with E-state index in [1.165, 1.54) is 0 Å². The smallest absolute Gasteiger partial charge is 0.167 e. The van der Waals surface area contributed by atoms with Crippen molar-refractivity contribution in [3.63, 3.8) is 0 Å². The molecule has 0 atom stereocenters. The number of hydrogen-bond acceptors (Lipinski definition) is 2. The molecule has 0 aliphatic heterocycles. The fourth-order valence-electron chi connectivity index (χ4n) is 1.39. The van der Waals surface area contributed by atoms with Gasteiger partial charge in [-0.25, -0.2) is 0 Å². The molecule has 1 rings (SSSR count). The number of hydrogen-bond donors (Lipinski definition) is 0. The summed E-state index contributed by atoms with van der Waals surface area (Å²) in [6.45, 7) is 5.37. The summed E-state index contributed by atoms with van der Waals surface area (Å²) in [5.41, 5.74) is 0. The second-order valence-corrected chi connectivity index (χ2v) is 2.95. The van der Waals surface area contributed by atoms with E-state index >= 15 is 0 Å². The standard InChI is InChI=1S/C11H18O2/c1-3-12-11(13-4-2)10-8-6-5-7-9-10/h6-11H,3-5H2,1-2H3. The van der Waals surface area contributed by atoms with Crippen molar-refractivity contribution in [2.24, 2.45) is 5.92 Å². The van der Waals surface area contributed by atoms with Crippen molar-refractivity contribution in [2.45, 2.75) is 26.6 Å². The molecule has 0 radical (unpaired) electrons. The average Bonchev–Trinajstić information content (AvgIpc) is 2.19. The first-order chi connectivity index (χ1) is 6.38. The van der Waals surface area contributed by atoms with E-state index in [0.29, 0.717) is 13.2 Å². The number of allylic oxidation sites excluding steroid dienone is 2. The predicted molar refractivity (Wildman–Crippen MR) is 53.4 cm³/mol. The zero-order valence-corrected chi connectivity index (χ0v) is 8.40. The summed E-state index contributed by atoms with van der Waals surface area (Å²) in [7, 11) is 0. The first-order valence-corrected chi connectivity index (χ1v) is 4.95. The van der Waals surface area contributed by atoms with Gasteiger partial charge in [0.15, 0.2) is 6.29 Å². The van der Waals surface area contributed by atoms with Crippen LogP contribution in [0.5, 0.6) is 0 Å². The molecule has 0 bridgehead atoms. The SMILES string of the molecule is CCOC(OCC)C1C=CCC=C1. The predicted octanol–water partition coefficient (Wildman–Crippen LogP) is 2.52. The van der Waals surface area contributed by atoms with Crippen LogP contribution in [0.1, 0.15) is 20.3 Å². The van der Waals surface area contributed by atoms with E-state index in [1.807, 2.05) is 13.8 Å². The van der Waals surface area contributed by atoms with Crippen molar-refractivity contribution < 1.29 is 9.47 Å². The summed E-state index contributed by atoms with van der Waals surface area (Å²) in [4.78, 5) is 0. The molecule has 2 nitrogen and oxygen atoms in total. The highest BCUT2D eigenvalue weighted by Crippen LogP contribution is 2.17. The van der Waals surface area contributed by atoms with Crippen LogP contribution in [-0.4, -0.2) is 19.5 Å². The van der Waals surface area contributed by atoms with Crippen molar-refractivity contribution in [1.29, 1.82) is 0 Å². The summed E-state index contributed by atoms with van der Waals surface area (Å²) in [5, 5.41) is 0. The molecule has 1 aliphatic carbocycles. The first kappa shape index (κ1) is 10.5. The molecule has 2 heteroatoms. The lowest BCUT2D eigenvalue weighted by atomic mass is 10.0. The van der Waals surface area contributed by atoms with Gasteiger partial charge in [-0.05, 0) is 20.3 Å². The van der Waals surface area contributed by atoms with Gasteiger partial charge >= 0.3 is 0 Å². The highest BCUT2D eigenvalue weighted by atomic mass is 16.7. The van der Waals surface area contributed by atoms with Gasteiger partial charge in [0.25, 0.3) is 0 Å².